The van der Waals surface area contributed by atoms with Gasteiger partial charge < -0.3 is 0 Å². The lowest BCUT2D eigenvalue weighted by Gasteiger charge is -2.13. The predicted octanol–water partition coefficient (Wildman–Crippen LogP) is 4.59. The molecule has 0 radical (unpaired) electrons. The van der Waals surface area contributed by atoms with Gasteiger partial charge in [0.2, 0.25) is 6.54 Å². The molecule has 1 atom stereocenters. The van der Waals surface area contributed by atoms with Crippen molar-refractivity contribution in [1.29, 1.82) is 0 Å². The Bertz CT molecular complexity index is 560. The molecular weight excluding hydrogens is 294 g/mol. The van der Waals surface area contributed by atoms with Crippen LogP contribution in [0.15, 0.2) is 54.6 Å². The van der Waals surface area contributed by atoms with E-state index < -0.39 is 0 Å². The maximum absolute atomic E-state index is 10.8. The summed E-state index contributed by atoms with van der Waals surface area (Å²) in [5.74, 6) is 0.752. The highest BCUT2D eigenvalue weighted by Crippen LogP contribution is 2.32. The van der Waals surface area contributed by atoms with E-state index in [4.69, 9.17) is 11.6 Å². The van der Waals surface area contributed by atoms with Crippen LogP contribution >= 0.6 is 23.4 Å². The van der Waals surface area contributed by atoms with Gasteiger partial charge in [-0.25, -0.2) is 0 Å². The third kappa shape index (κ3) is 4.54. The first-order chi connectivity index (χ1) is 9.65. The van der Waals surface area contributed by atoms with Crippen LogP contribution in [0.4, 0.5) is 0 Å². The molecule has 5 heteroatoms. The number of hydrogen-bond acceptors (Lipinski definition) is 3. The fourth-order valence-electron chi connectivity index (χ4n) is 1.84. The van der Waals surface area contributed by atoms with Crippen LogP contribution in [0.2, 0.25) is 5.02 Å². The molecular formula is C15H14ClNO2S. The molecule has 0 saturated heterocycles. The first-order valence-electron chi connectivity index (χ1n) is 6.18. The molecule has 104 valence electrons. The molecule has 0 heterocycles. The van der Waals surface area contributed by atoms with Crippen LogP contribution in [0.5, 0.6) is 0 Å². The molecule has 0 aromatic heterocycles. The quantitative estimate of drug-likeness (QED) is 0.579. The first-order valence-corrected chi connectivity index (χ1v) is 7.60. The van der Waals surface area contributed by atoms with Crippen LogP contribution in [-0.2, 0) is 5.75 Å². The van der Waals surface area contributed by atoms with Gasteiger partial charge in [0, 0.05) is 15.7 Å². The van der Waals surface area contributed by atoms with Crippen molar-refractivity contribution in [2.24, 2.45) is 0 Å². The number of hydrogen-bond donors (Lipinski definition) is 0. The number of nitrogens with zero attached hydrogens (tertiary/aromatic N) is 1. The summed E-state index contributed by atoms with van der Waals surface area (Å²) < 4.78 is 0. The summed E-state index contributed by atoms with van der Waals surface area (Å²) in [5.41, 5.74) is 2.10. The Labute approximate surface area is 127 Å². The van der Waals surface area contributed by atoms with Crippen molar-refractivity contribution in [3.8, 4) is 0 Å². The minimum atomic E-state index is -0.267. The second-order valence-corrected chi connectivity index (χ2v) is 5.98. The summed E-state index contributed by atoms with van der Waals surface area (Å²) in [7, 11) is 0. The molecule has 0 spiro atoms. The average molecular weight is 308 g/mol. The molecule has 0 saturated carbocycles. The normalized spacial score (nSPS) is 12.1. The number of nitro groups is 1. The third-order valence-electron chi connectivity index (χ3n) is 2.85. The maximum Gasteiger partial charge on any atom is 0.219 e. The molecule has 0 amide bonds. The van der Waals surface area contributed by atoms with E-state index in [2.05, 4.69) is 0 Å². The van der Waals surface area contributed by atoms with Crippen molar-refractivity contribution < 1.29 is 4.92 Å². The molecule has 0 aliphatic heterocycles. The lowest BCUT2D eigenvalue weighted by Crippen LogP contribution is -2.10. The molecule has 2 aromatic carbocycles. The van der Waals surface area contributed by atoms with Gasteiger partial charge in [-0.15, -0.1) is 11.8 Å². The topological polar surface area (TPSA) is 43.1 Å². The van der Waals surface area contributed by atoms with Crippen LogP contribution in [0.3, 0.4) is 0 Å². The van der Waals surface area contributed by atoms with Gasteiger partial charge in [-0.3, -0.25) is 10.1 Å². The lowest BCUT2D eigenvalue weighted by atomic mass is 10.1. The van der Waals surface area contributed by atoms with Gasteiger partial charge in [-0.2, -0.15) is 0 Å². The number of thioether (sulfide) groups is 1. The number of halogens is 1. The molecule has 0 fully saturated rings. The van der Waals surface area contributed by atoms with Crippen molar-refractivity contribution in [3.05, 3.63) is 80.9 Å². The van der Waals surface area contributed by atoms with E-state index in [0.717, 1.165) is 11.3 Å². The highest BCUT2D eigenvalue weighted by Gasteiger charge is 2.18. The molecule has 20 heavy (non-hydrogen) atoms. The molecule has 0 N–H and O–H groups in total. The maximum atomic E-state index is 10.8. The standard InChI is InChI=1S/C15H14ClNO2S/c16-14-8-6-13(7-9-14)15(10-17(18)19)20-11-12-4-2-1-3-5-12/h1-9,15H,10-11H2. The fraction of sp³-hybridized carbons (Fsp3) is 0.200. The third-order valence-corrected chi connectivity index (χ3v) is 4.43. The second kappa shape index (κ2) is 7.31. The Hall–Kier alpha value is -1.52. The predicted molar refractivity (Wildman–Crippen MR) is 83.8 cm³/mol. The van der Waals surface area contributed by atoms with Gasteiger partial charge in [-0.05, 0) is 23.3 Å². The van der Waals surface area contributed by atoms with Crippen molar-refractivity contribution >= 4 is 23.4 Å². The van der Waals surface area contributed by atoms with Gasteiger partial charge in [0.1, 0.15) is 0 Å². The zero-order valence-corrected chi connectivity index (χ0v) is 12.3. The molecule has 0 aliphatic rings. The zero-order valence-electron chi connectivity index (χ0n) is 10.7. The minimum Gasteiger partial charge on any atom is -0.264 e. The van der Waals surface area contributed by atoms with Gasteiger partial charge in [-0.1, -0.05) is 54.1 Å². The molecule has 3 nitrogen and oxygen atoms in total. The average Bonchev–Trinajstić information content (AvgIpc) is 2.45. The first kappa shape index (κ1) is 14.9. The summed E-state index contributed by atoms with van der Waals surface area (Å²) >= 11 is 7.43. The van der Waals surface area contributed by atoms with E-state index in [0.29, 0.717) is 5.02 Å². The van der Waals surface area contributed by atoms with E-state index in [-0.39, 0.29) is 16.7 Å². The highest BCUT2D eigenvalue weighted by atomic mass is 35.5. The van der Waals surface area contributed by atoms with Crippen molar-refractivity contribution in [1.82, 2.24) is 0 Å². The van der Waals surface area contributed by atoms with E-state index in [1.807, 2.05) is 42.5 Å². The Balaban J connectivity index is 2.07. The van der Waals surface area contributed by atoms with Crippen LogP contribution in [-0.4, -0.2) is 11.5 Å². The lowest BCUT2D eigenvalue weighted by molar-refractivity contribution is -0.479. The van der Waals surface area contributed by atoms with E-state index >= 15 is 0 Å². The fourth-order valence-corrected chi connectivity index (χ4v) is 3.13. The van der Waals surface area contributed by atoms with Crippen LogP contribution < -0.4 is 0 Å². The number of rotatable bonds is 6. The zero-order chi connectivity index (χ0) is 14.4. The Morgan fingerprint density at radius 1 is 1.10 bits per heavy atom. The molecule has 0 aliphatic carbocycles. The van der Waals surface area contributed by atoms with Gasteiger partial charge >= 0.3 is 0 Å². The van der Waals surface area contributed by atoms with E-state index in [9.17, 15) is 10.1 Å². The van der Waals surface area contributed by atoms with E-state index in [1.165, 1.54) is 5.56 Å². The summed E-state index contributed by atoms with van der Waals surface area (Å²) in [5, 5.41) is 11.3. The summed E-state index contributed by atoms with van der Waals surface area (Å²) in [6, 6.07) is 17.2. The molecule has 2 rings (SSSR count). The van der Waals surface area contributed by atoms with E-state index in [1.54, 1.807) is 23.9 Å². The van der Waals surface area contributed by atoms with Crippen molar-refractivity contribution in [3.63, 3.8) is 0 Å². The summed E-state index contributed by atoms with van der Waals surface area (Å²) in [6.45, 7) is -0.0842. The Kier molecular flexibility index (Phi) is 5.44. The smallest absolute Gasteiger partial charge is 0.219 e. The van der Waals surface area contributed by atoms with Crippen molar-refractivity contribution in [2.45, 2.75) is 11.0 Å². The van der Waals surface area contributed by atoms with Crippen LogP contribution in [0, 0.1) is 10.1 Å². The van der Waals surface area contributed by atoms with Crippen LogP contribution in [0.1, 0.15) is 16.4 Å². The highest BCUT2D eigenvalue weighted by molar-refractivity contribution is 7.98. The monoisotopic (exact) mass is 307 g/mol. The van der Waals surface area contributed by atoms with Crippen LogP contribution in [0.25, 0.3) is 0 Å². The Morgan fingerprint density at radius 2 is 1.75 bits per heavy atom. The summed E-state index contributed by atoms with van der Waals surface area (Å²) in [4.78, 5) is 10.6. The largest absolute Gasteiger partial charge is 0.264 e. The Morgan fingerprint density at radius 3 is 2.35 bits per heavy atom. The summed E-state index contributed by atoms with van der Waals surface area (Å²) in [6.07, 6.45) is 0. The molecule has 2 aromatic rings. The number of benzene rings is 2. The van der Waals surface area contributed by atoms with Crippen molar-refractivity contribution in [2.75, 3.05) is 6.54 Å². The molecule has 0 bridgehead atoms. The van der Waals surface area contributed by atoms with Gasteiger partial charge in [0.25, 0.3) is 0 Å². The molecule has 1 unspecified atom stereocenters. The SMILES string of the molecule is O=[N+]([O-])CC(SCc1ccccc1)c1ccc(Cl)cc1. The minimum absolute atomic E-state index is 0.0842. The second-order valence-electron chi connectivity index (χ2n) is 4.35. The van der Waals surface area contributed by atoms with Gasteiger partial charge in [0.15, 0.2) is 0 Å². The van der Waals surface area contributed by atoms with Gasteiger partial charge in [0.05, 0.1) is 5.25 Å².